The minimum absolute atomic E-state index is 0.385. The average Bonchev–Trinajstić information content (AvgIpc) is 2.93. The maximum atomic E-state index is 11.9. The maximum absolute atomic E-state index is 11.9. The standard InChI is InChI=1S/C18H25BN2O4S/c1-16(2,3)23-15(22)21-14-20-12-9-8-11(10-13(12)26-14)19-24-17(4,5)18(6,7)25-19/h8-10H,1-7H3,(H,20,21,22). The molecule has 1 aliphatic heterocycles. The van der Waals surface area contributed by atoms with Crippen LogP contribution in [-0.2, 0) is 14.0 Å². The second-order valence-electron chi connectivity index (χ2n) is 8.46. The fourth-order valence-electron chi connectivity index (χ4n) is 2.51. The Morgan fingerprint density at radius 1 is 1.19 bits per heavy atom. The van der Waals surface area contributed by atoms with Crippen LogP contribution in [0.3, 0.4) is 0 Å². The molecule has 1 aromatic heterocycles. The molecule has 1 saturated heterocycles. The third-order valence-electron chi connectivity index (χ3n) is 4.55. The Morgan fingerprint density at radius 3 is 2.38 bits per heavy atom. The fraction of sp³-hybridized carbons (Fsp3) is 0.556. The van der Waals surface area contributed by atoms with Crippen LogP contribution in [0.1, 0.15) is 48.5 Å². The molecule has 1 aromatic carbocycles. The van der Waals surface area contributed by atoms with Crippen molar-refractivity contribution < 1.29 is 18.8 Å². The zero-order chi connectivity index (χ0) is 19.3. The summed E-state index contributed by atoms with van der Waals surface area (Å²) in [6.07, 6.45) is -0.511. The number of anilines is 1. The molecule has 1 amide bonds. The van der Waals surface area contributed by atoms with Crippen molar-refractivity contribution in [3.8, 4) is 0 Å². The first kappa shape index (κ1) is 19.1. The van der Waals surface area contributed by atoms with Crippen LogP contribution in [0.4, 0.5) is 9.93 Å². The summed E-state index contributed by atoms with van der Waals surface area (Å²) in [6.45, 7) is 13.6. The molecule has 0 atom stereocenters. The molecule has 2 aromatic rings. The second kappa shape index (κ2) is 6.21. The lowest BCUT2D eigenvalue weighted by Crippen LogP contribution is -2.41. The summed E-state index contributed by atoms with van der Waals surface area (Å²) in [5, 5.41) is 3.19. The Balaban J connectivity index is 1.79. The van der Waals surface area contributed by atoms with Gasteiger partial charge in [-0.2, -0.15) is 0 Å². The molecular formula is C18H25BN2O4S. The van der Waals surface area contributed by atoms with E-state index < -0.39 is 18.8 Å². The van der Waals surface area contributed by atoms with Crippen LogP contribution >= 0.6 is 11.3 Å². The summed E-state index contributed by atoms with van der Waals surface area (Å²) in [7, 11) is -0.422. The molecule has 1 N–H and O–H groups in total. The first-order valence-electron chi connectivity index (χ1n) is 8.62. The summed E-state index contributed by atoms with van der Waals surface area (Å²) in [6, 6.07) is 5.85. The summed E-state index contributed by atoms with van der Waals surface area (Å²) in [4.78, 5) is 16.3. The number of ether oxygens (including phenoxy) is 1. The minimum atomic E-state index is -0.551. The SMILES string of the molecule is CC(C)(C)OC(=O)Nc1nc2ccc(B3OC(C)(C)C(C)(C)O3)cc2s1. The molecule has 1 aliphatic rings. The van der Waals surface area contributed by atoms with E-state index in [4.69, 9.17) is 14.0 Å². The normalized spacial score (nSPS) is 19.0. The van der Waals surface area contributed by atoms with Crippen LogP contribution in [0, 0.1) is 0 Å². The van der Waals surface area contributed by atoms with Crippen LogP contribution in [0.15, 0.2) is 18.2 Å². The van der Waals surface area contributed by atoms with E-state index in [-0.39, 0.29) is 11.2 Å². The average molecular weight is 376 g/mol. The lowest BCUT2D eigenvalue weighted by Gasteiger charge is -2.32. The van der Waals surface area contributed by atoms with Crippen molar-refractivity contribution in [2.75, 3.05) is 5.32 Å². The van der Waals surface area contributed by atoms with E-state index in [2.05, 4.69) is 10.3 Å². The van der Waals surface area contributed by atoms with Crippen LogP contribution in [-0.4, -0.2) is 35.0 Å². The van der Waals surface area contributed by atoms with Gasteiger partial charge in [-0.25, -0.2) is 9.78 Å². The molecule has 140 valence electrons. The molecule has 8 heteroatoms. The van der Waals surface area contributed by atoms with Crippen molar-refractivity contribution in [3.63, 3.8) is 0 Å². The number of aromatic nitrogens is 1. The Labute approximate surface area is 158 Å². The van der Waals surface area contributed by atoms with E-state index in [1.54, 1.807) is 0 Å². The zero-order valence-corrected chi connectivity index (χ0v) is 17.1. The van der Waals surface area contributed by atoms with Gasteiger partial charge in [-0.3, -0.25) is 5.32 Å². The van der Waals surface area contributed by atoms with Crippen molar-refractivity contribution in [1.82, 2.24) is 4.98 Å². The molecular weight excluding hydrogens is 351 g/mol. The Kier molecular flexibility index (Phi) is 4.57. The Hall–Kier alpha value is -1.64. The Bertz CT molecular complexity index is 825. The van der Waals surface area contributed by atoms with E-state index in [1.807, 2.05) is 66.7 Å². The molecule has 0 bridgehead atoms. The first-order valence-corrected chi connectivity index (χ1v) is 9.44. The molecule has 6 nitrogen and oxygen atoms in total. The predicted molar refractivity (Wildman–Crippen MR) is 105 cm³/mol. The van der Waals surface area contributed by atoms with Gasteiger partial charge in [0.05, 0.1) is 21.4 Å². The van der Waals surface area contributed by atoms with Gasteiger partial charge in [0.1, 0.15) is 5.60 Å². The maximum Gasteiger partial charge on any atom is 0.494 e. The van der Waals surface area contributed by atoms with Crippen molar-refractivity contribution in [2.45, 2.75) is 65.3 Å². The van der Waals surface area contributed by atoms with Crippen molar-refractivity contribution in [2.24, 2.45) is 0 Å². The number of fused-ring (bicyclic) bond motifs is 1. The van der Waals surface area contributed by atoms with Gasteiger partial charge >= 0.3 is 13.2 Å². The van der Waals surface area contributed by atoms with Crippen LogP contribution in [0.25, 0.3) is 10.2 Å². The highest BCUT2D eigenvalue weighted by Crippen LogP contribution is 2.37. The molecule has 0 saturated carbocycles. The van der Waals surface area contributed by atoms with Gasteiger partial charge < -0.3 is 14.0 Å². The van der Waals surface area contributed by atoms with E-state index in [0.717, 1.165) is 15.7 Å². The van der Waals surface area contributed by atoms with Gasteiger partial charge in [0, 0.05) is 0 Å². The molecule has 3 rings (SSSR count). The van der Waals surface area contributed by atoms with Gasteiger partial charge in [-0.05, 0) is 66.1 Å². The number of nitrogens with zero attached hydrogens (tertiary/aromatic N) is 1. The summed E-state index contributed by atoms with van der Waals surface area (Å²) < 4.78 is 18.4. The van der Waals surface area contributed by atoms with E-state index >= 15 is 0 Å². The number of benzene rings is 1. The highest BCUT2D eigenvalue weighted by molar-refractivity contribution is 7.22. The number of carbonyl (C=O) groups is 1. The molecule has 0 aliphatic carbocycles. The van der Waals surface area contributed by atoms with Crippen molar-refractivity contribution in [1.29, 1.82) is 0 Å². The smallest absolute Gasteiger partial charge is 0.444 e. The zero-order valence-electron chi connectivity index (χ0n) is 16.3. The van der Waals surface area contributed by atoms with E-state index in [0.29, 0.717) is 5.13 Å². The number of carbonyl (C=O) groups excluding carboxylic acids is 1. The summed E-state index contributed by atoms with van der Waals surface area (Å²) in [5.41, 5.74) is 0.419. The summed E-state index contributed by atoms with van der Waals surface area (Å²) in [5.74, 6) is 0. The number of nitrogens with one attached hydrogen (secondary N) is 1. The number of rotatable bonds is 2. The second-order valence-corrected chi connectivity index (χ2v) is 9.49. The molecule has 2 heterocycles. The molecule has 0 unspecified atom stereocenters. The number of hydrogen-bond acceptors (Lipinski definition) is 6. The van der Waals surface area contributed by atoms with Gasteiger partial charge in [0.2, 0.25) is 0 Å². The third-order valence-corrected chi connectivity index (χ3v) is 5.48. The van der Waals surface area contributed by atoms with Crippen LogP contribution in [0.5, 0.6) is 0 Å². The first-order chi connectivity index (χ1) is 11.9. The number of hydrogen-bond donors (Lipinski definition) is 1. The fourth-order valence-corrected chi connectivity index (χ4v) is 3.41. The predicted octanol–water partition coefficient (Wildman–Crippen LogP) is 3.94. The lowest BCUT2D eigenvalue weighted by atomic mass is 9.79. The highest BCUT2D eigenvalue weighted by Gasteiger charge is 2.51. The monoisotopic (exact) mass is 376 g/mol. The molecule has 0 radical (unpaired) electrons. The number of thiazole rings is 1. The van der Waals surface area contributed by atoms with Crippen molar-refractivity contribution in [3.05, 3.63) is 18.2 Å². The largest absolute Gasteiger partial charge is 0.494 e. The molecule has 1 fully saturated rings. The van der Waals surface area contributed by atoms with E-state index in [1.165, 1.54) is 11.3 Å². The van der Waals surface area contributed by atoms with Gasteiger partial charge in [-0.1, -0.05) is 17.4 Å². The van der Waals surface area contributed by atoms with Crippen molar-refractivity contribution >= 4 is 45.4 Å². The summed E-state index contributed by atoms with van der Waals surface area (Å²) >= 11 is 1.39. The van der Waals surface area contributed by atoms with Gasteiger partial charge in [0.15, 0.2) is 5.13 Å². The quantitative estimate of drug-likeness (QED) is 0.804. The Morgan fingerprint density at radius 2 is 1.81 bits per heavy atom. The molecule has 0 spiro atoms. The van der Waals surface area contributed by atoms with Gasteiger partial charge in [-0.15, -0.1) is 0 Å². The lowest BCUT2D eigenvalue weighted by molar-refractivity contribution is 0.00578. The van der Waals surface area contributed by atoms with Crippen LogP contribution < -0.4 is 10.8 Å². The van der Waals surface area contributed by atoms with Gasteiger partial charge in [0.25, 0.3) is 0 Å². The third kappa shape index (κ3) is 3.87. The number of amides is 1. The van der Waals surface area contributed by atoms with E-state index in [9.17, 15) is 4.79 Å². The van der Waals surface area contributed by atoms with Crippen LogP contribution in [0.2, 0.25) is 0 Å². The molecule has 26 heavy (non-hydrogen) atoms. The topological polar surface area (TPSA) is 69.7 Å². The minimum Gasteiger partial charge on any atom is -0.444 e. The highest BCUT2D eigenvalue weighted by atomic mass is 32.1.